The van der Waals surface area contributed by atoms with Gasteiger partial charge >= 0.3 is 12.3 Å². The SMILES string of the molecule is O=C(O)CC(O)C(O)c1ccc2c(c1)OC(F)(F)O2. The zero-order valence-electron chi connectivity index (χ0n) is 9.42. The Morgan fingerprint density at radius 1 is 1.26 bits per heavy atom. The predicted octanol–water partition coefficient (Wildman–Crippen LogP) is 0.877. The number of fused-ring (bicyclic) bond motifs is 1. The fraction of sp³-hybridized carbons (Fsp3) is 0.364. The molecule has 0 bridgehead atoms. The Hall–Kier alpha value is -1.93. The first-order valence-electron chi connectivity index (χ1n) is 5.26. The van der Waals surface area contributed by atoms with Crippen LogP contribution in [0.2, 0.25) is 0 Å². The van der Waals surface area contributed by atoms with Gasteiger partial charge in [-0.15, -0.1) is 8.78 Å². The van der Waals surface area contributed by atoms with Crippen LogP contribution in [0.15, 0.2) is 18.2 Å². The summed E-state index contributed by atoms with van der Waals surface area (Å²) >= 11 is 0. The van der Waals surface area contributed by atoms with E-state index < -0.39 is 30.9 Å². The molecule has 1 heterocycles. The molecule has 1 aromatic carbocycles. The van der Waals surface area contributed by atoms with Crippen molar-refractivity contribution in [3.63, 3.8) is 0 Å². The molecular weight excluding hydrogens is 266 g/mol. The minimum absolute atomic E-state index is 0.0498. The second-order valence-corrected chi connectivity index (χ2v) is 3.98. The second-order valence-electron chi connectivity index (χ2n) is 3.98. The van der Waals surface area contributed by atoms with Crippen LogP contribution in [0.5, 0.6) is 11.5 Å². The Labute approximate surface area is 105 Å². The van der Waals surface area contributed by atoms with Crippen molar-refractivity contribution in [2.75, 3.05) is 0 Å². The standard InChI is InChI=1S/C11H10F2O6/c12-11(13)18-7-2-1-5(3-8(7)19-11)10(17)6(14)4-9(15)16/h1-3,6,10,14,17H,4H2,(H,15,16). The molecule has 0 saturated heterocycles. The Morgan fingerprint density at radius 2 is 1.89 bits per heavy atom. The van der Waals surface area contributed by atoms with E-state index in [0.29, 0.717) is 0 Å². The Kier molecular flexibility index (Phi) is 3.29. The molecular formula is C11H10F2O6. The fourth-order valence-electron chi connectivity index (χ4n) is 1.66. The van der Waals surface area contributed by atoms with Crippen LogP contribution in [-0.4, -0.2) is 33.7 Å². The van der Waals surface area contributed by atoms with E-state index in [1.807, 2.05) is 0 Å². The van der Waals surface area contributed by atoms with E-state index in [1.165, 1.54) is 6.07 Å². The van der Waals surface area contributed by atoms with E-state index in [0.717, 1.165) is 12.1 Å². The van der Waals surface area contributed by atoms with Gasteiger partial charge in [0.25, 0.3) is 0 Å². The molecule has 1 aliphatic heterocycles. The van der Waals surface area contributed by atoms with E-state index >= 15 is 0 Å². The molecule has 0 spiro atoms. The number of benzene rings is 1. The van der Waals surface area contributed by atoms with Crippen LogP contribution in [0.1, 0.15) is 18.1 Å². The van der Waals surface area contributed by atoms with E-state index in [4.69, 9.17) is 5.11 Å². The third kappa shape index (κ3) is 2.91. The van der Waals surface area contributed by atoms with Gasteiger partial charge in [-0.25, -0.2) is 0 Å². The summed E-state index contributed by atoms with van der Waals surface area (Å²) in [6.07, 6.45) is -7.53. The molecule has 0 radical (unpaired) electrons. The molecule has 0 aliphatic carbocycles. The summed E-state index contributed by atoms with van der Waals surface area (Å²) < 4.78 is 33.9. The number of aliphatic carboxylic acids is 1. The summed E-state index contributed by atoms with van der Waals surface area (Å²) in [4.78, 5) is 10.4. The molecule has 2 atom stereocenters. The number of aliphatic hydroxyl groups is 2. The Bertz CT molecular complexity index is 504. The third-order valence-corrected chi connectivity index (χ3v) is 2.52. The van der Waals surface area contributed by atoms with Gasteiger partial charge in [-0.05, 0) is 17.7 Å². The summed E-state index contributed by atoms with van der Waals surface area (Å²) in [6.45, 7) is 0. The van der Waals surface area contributed by atoms with Crippen molar-refractivity contribution in [3.8, 4) is 11.5 Å². The minimum atomic E-state index is -3.77. The van der Waals surface area contributed by atoms with Crippen LogP contribution in [0.4, 0.5) is 8.78 Å². The predicted molar refractivity (Wildman–Crippen MR) is 55.9 cm³/mol. The lowest BCUT2D eigenvalue weighted by molar-refractivity contribution is -0.286. The smallest absolute Gasteiger partial charge is 0.481 e. The summed E-state index contributed by atoms with van der Waals surface area (Å²) in [5.41, 5.74) is 0.0498. The maximum atomic E-state index is 12.8. The molecule has 1 aliphatic rings. The van der Waals surface area contributed by atoms with Gasteiger partial charge in [-0.3, -0.25) is 4.79 Å². The van der Waals surface area contributed by atoms with E-state index in [2.05, 4.69) is 9.47 Å². The van der Waals surface area contributed by atoms with Gasteiger partial charge in [0.2, 0.25) is 0 Å². The molecule has 104 valence electrons. The molecule has 0 saturated carbocycles. The summed E-state index contributed by atoms with van der Waals surface area (Å²) in [6, 6.07) is 3.44. The molecule has 3 N–H and O–H groups in total. The van der Waals surface area contributed by atoms with Gasteiger partial charge in [-0.2, -0.15) is 0 Å². The molecule has 6 nitrogen and oxygen atoms in total. The minimum Gasteiger partial charge on any atom is -0.481 e. The molecule has 19 heavy (non-hydrogen) atoms. The lowest BCUT2D eigenvalue weighted by Crippen LogP contribution is -2.26. The fourth-order valence-corrected chi connectivity index (χ4v) is 1.66. The first-order chi connectivity index (χ1) is 8.78. The summed E-state index contributed by atoms with van der Waals surface area (Å²) in [5, 5.41) is 27.6. The normalized spacial score (nSPS) is 18.9. The highest BCUT2D eigenvalue weighted by Gasteiger charge is 2.43. The first-order valence-corrected chi connectivity index (χ1v) is 5.26. The van der Waals surface area contributed by atoms with Crippen molar-refractivity contribution >= 4 is 5.97 Å². The van der Waals surface area contributed by atoms with Gasteiger partial charge in [0.15, 0.2) is 11.5 Å². The number of carbonyl (C=O) groups is 1. The second kappa shape index (κ2) is 4.63. The van der Waals surface area contributed by atoms with Crippen LogP contribution < -0.4 is 9.47 Å². The third-order valence-electron chi connectivity index (χ3n) is 2.52. The monoisotopic (exact) mass is 276 g/mol. The number of halogens is 2. The quantitative estimate of drug-likeness (QED) is 0.755. The average Bonchev–Trinajstić information content (AvgIpc) is 2.59. The number of rotatable bonds is 4. The summed E-state index contributed by atoms with van der Waals surface area (Å²) in [5.74, 6) is -1.78. The van der Waals surface area contributed by atoms with Gasteiger partial charge in [0.05, 0.1) is 12.5 Å². The van der Waals surface area contributed by atoms with Gasteiger partial charge in [0.1, 0.15) is 6.10 Å². The number of aliphatic hydroxyl groups excluding tert-OH is 2. The molecule has 2 unspecified atom stereocenters. The number of hydrogen-bond acceptors (Lipinski definition) is 5. The topological polar surface area (TPSA) is 96.2 Å². The van der Waals surface area contributed by atoms with Crippen molar-refractivity contribution in [1.29, 1.82) is 0 Å². The lowest BCUT2D eigenvalue weighted by atomic mass is 10.0. The van der Waals surface area contributed by atoms with Crippen LogP contribution in [-0.2, 0) is 4.79 Å². The van der Waals surface area contributed by atoms with E-state index in [9.17, 15) is 23.8 Å². The number of hydrogen-bond donors (Lipinski definition) is 3. The molecule has 0 fully saturated rings. The number of carboxylic acid groups (broad SMARTS) is 1. The van der Waals surface area contributed by atoms with Gasteiger partial charge < -0.3 is 24.8 Å². The molecule has 8 heteroatoms. The number of carboxylic acids is 1. The highest BCUT2D eigenvalue weighted by Crippen LogP contribution is 2.42. The molecule has 2 rings (SSSR count). The summed E-state index contributed by atoms with van der Waals surface area (Å²) in [7, 11) is 0. The molecule has 1 aromatic rings. The van der Waals surface area contributed by atoms with Gasteiger partial charge in [0, 0.05) is 0 Å². The maximum absolute atomic E-state index is 12.8. The zero-order valence-corrected chi connectivity index (χ0v) is 9.42. The molecule has 0 aromatic heterocycles. The van der Waals surface area contributed by atoms with Crippen molar-refractivity contribution in [2.24, 2.45) is 0 Å². The largest absolute Gasteiger partial charge is 0.586 e. The van der Waals surface area contributed by atoms with Gasteiger partial charge in [-0.1, -0.05) is 6.07 Å². The first kappa shape index (κ1) is 13.5. The van der Waals surface area contributed by atoms with Crippen molar-refractivity contribution < 1.29 is 38.4 Å². The Balaban J connectivity index is 2.17. The van der Waals surface area contributed by atoms with Crippen LogP contribution in [0.3, 0.4) is 0 Å². The number of ether oxygens (including phenoxy) is 2. The molecule has 0 amide bonds. The highest BCUT2D eigenvalue weighted by molar-refractivity contribution is 5.67. The lowest BCUT2D eigenvalue weighted by Gasteiger charge is -2.16. The number of alkyl halides is 2. The van der Waals surface area contributed by atoms with Crippen molar-refractivity contribution in [3.05, 3.63) is 23.8 Å². The van der Waals surface area contributed by atoms with Crippen molar-refractivity contribution in [2.45, 2.75) is 24.9 Å². The van der Waals surface area contributed by atoms with Crippen LogP contribution in [0.25, 0.3) is 0 Å². The van der Waals surface area contributed by atoms with E-state index in [-0.39, 0.29) is 17.1 Å². The van der Waals surface area contributed by atoms with Crippen LogP contribution in [0, 0.1) is 0 Å². The average molecular weight is 276 g/mol. The maximum Gasteiger partial charge on any atom is 0.586 e. The highest BCUT2D eigenvalue weighted by atomic mass is 19.3. The zero-order chi connectivity index (χ0) is 14.2. The van der Waals surface area contributed by atoms with E-state index in [1.54, 1.807) is 0 Å². The van der Waals surface area contributed by atoms with Crippen LogP contribution >= 0.6 is 0 Å². The Morgan fingerprint density at radius 3 is 2.53 bits per heavy atom. The van der Waals surface area contributed by atoms with Crippen molar-refractivity contribution in [1.82, 2.24) is 0 Å².